The van der Waals surface area contributed by atoms with Crippen molar-refractivity contribution in [3.05, 3.63) is 52.4 Å². The molecule has 0 radical (unpaired) electrons. The summed E-state index contributed by atoms with van der Waals surface area (Å²) >= 11 is 12.3. The fourth-order valence-corrected chi connectivity index (χ4v) is 3.50. The Morgan fingerprint density at radius 1 is 1.04 bits per heavy atom. The Morgan fingerprint density at radius 3 is 2.56 bits per heavy atom. The third kappa shape index (κ3) is 3.75. The SMILES string of the molecule is Fc1ccc(OC2CCN(c3nc4ccnc(Cl)c4nc3Cl)CC2)c(F)c1. The van der Waals surface area contributed by atoms with Gasteiger partial charge in [0, 0.05) is 38.2 Å². The van der Waals surface area contributed by atoms with Crippen LogP contribution < -0.4 is 9.64 Å². The normalized spacial score (nSPS) is 15.3. The molecule has 4 rings (SSSR count). The number of pyridine rings is 1. The maximum atomic E-state index is 13.8. The lowest BCUT2D eigenvalue weighted by molar-refractivity contribution is 0.163. The molecule has 0 spiro atoms. The summed E-state index contributed by atoms with van der Waals surface area (Å²) in [5.74, 6) is -0.709. The minimum atomic E-state index is -0.702. The van der Waals surface area contributed by atoms with Crippen molar-refractivity contribution >= 4 is 40.1 Å². The monoisotopic (exact) mass is 410 g/mol. The topological polar surface area (TPSA) is 51.1 Å². The summed E-state index contributed by atoms with van der Waals surface area (Å²) in [6.07, 6.45) is 2.68. The lowest BCUT2D eigenvalue weighted by Crippen LogP contribution is -2.39. The average Bonchev–Trinajstić information content (AvgIpc) is 2.65. The number of hydrogen-bond acceptors (Lipinski definition) is 5. The van der Waals surface area contributed by atoms with Crippen molar-refractivity contribution in [3.8, 4) is 5.75 Å². The predicted octanol–water partition coefficient (Wildman–Crippen LogP) is 4.66. The highest BCUT2D eigenvalue weighted by Gasteiger charge is 2.25. The predicted molar refractivity (Wildman–Crippen MR) is 99.6 cm³/mol. The molecule has 1 saturated heterocycles. The molecule has 1 aromatic carbocycles. The lowest BCUT2D eigenvalue weighted by atomic mass is 10.1. The van der Waals surface area contributed by atoms with Crippen molar-refractivity contribution in [2.24, 2.45) is 0 Å². The Kier molecular flexibility index (Phi) is 4.97. The van der Waals surface area contributed by atoms with Gasteiger partial charge in [-0.15, -0.1) is 0 Å². The van der Waals surface area contributed by atoms with Crippen LogP contribution in [0, 0.1) is 11.6 Å². The van der Waals surface area contributed by atoms with Crippen LogP contribution in [0.15, 0.2) is 30.5 Å². The van der Waals surface area contributed by atoms with E-state index in [1.54, 1.807) is 12.3 Å². The number of fused-ring (bicyclic) bond motifs is 1. The van der Waals surface area contributed by atoms with E-state index in [1.807, 2.05) is 4.90 Å². The van der Waals surface area contributed by atoms with Crippen molar-refractivity contribution in [1.29, 1.82) is 0 Å². The van der Waals surface area contributed by atoms with Gasteiger partial charge < -0.3 is 9.64 Å². The van der Waals surface area contributed by atoms with E-state index in [-0.39, 0.29) is 22.2 Å². The molecule has 3 aromatic rings. The van der Waals surface area contributed by atoms with Crippen molar-refractivity contribution in [2.75, 3.05) is 18.0 Å². The number of hydrogen-bond donors (Lipinski definition) is 0. The van der Waals surface area contributed by atoms with E-state index >= 15 is 0 Å². The summed E-state index contributed by atoms with van der Waals surface area (Å²) in [6.45, 7) is 1.23. The van der Waals surface area contributed by atoms with Gasteiger partial charge in [0.2, 0.25) is 0 Å². The molecule has 0 N–H and O–H groups in total. The number of rotatable bonds is 3. The first-order chi connectivity index (χ1) is 13.0. The standard InChI is InChI=1S/C18H14Cl2F2N4O/c19-16-15-13(3-6-23-16)24-18(17(20)25-15)26-7-4-11(5-8-26)27-14-2-1-10(21)9-12(14)22/h1-3,6,9,11H,4-5,7-8H2. The highest BCUT2D eigenvalue weighted by molar-refractivity contribution is 6.35. The van der Waals surface area contributed by atoms with Crippen LogP contribution >= 0.6 is 23.2 Å². The van der Waals surface area contributed by atoms with Crippen molar-refractivity contribution in [3.63, 3.8) is 0 Å². The van der Waals surface area contributed by atoms with Crippen molar-refractivity contribution in [2.45, 2.75) is 18.9 Å². The number of piperidine rings is 1. The molecule has 0 aliphatic carbocycles. The summed E-state index contributed by atoms with van der Waals surface area (Å²) in [6, 6.07) is 5.02. The van der Waals surface area contributed by atoms with Crippen LogP contribution in [0.1, 0.15) is 12.8 Å². The number of aromatic nitrogens is 3. The fourth-order valence-electron chi connectivity index (χ4n) is 3.06. The zero-order valence-electron chi connectivity index (χ0n) is 14.0. The first-order valence-electron chi connectivity index (χ1n) is 8.35. The minimum Gasteiger partial charge on any atom is -0.487 e. The van der Waals surface area contributed by atoms with Crippen LogP contribution in [0.4, 0.5) is 14.6 Å². The molecule has 5 nitrogen and oxygen atoms in total. The fraction of sp³-hybridized carbons (Fsp3) is 0.278. The molecule has 0 unspecified atom stereocenters. The van der Waals surface area contributed by atoms with Gasteiger partial charge in [-0.2, -0.15) is 0 Å². The second kappa shape index (κ2) is 7.40. The summed E-state index contributed by atoms with van der Waals surface area (Å²) in [5.41, 5.74) is 1.07. The summed E-state index contributed by atoms with van der Waals surface area (Å²) in [4.78, 5) is 14.8. The second-order valence-corrected chi connectivity index (χ2v) is 6.90. The molecule has 0 atom stereocenters. The Balaban J connectivity index is 1.47. The van der Waals surface area contributed by atoms with Gasteiger partial charge >= 0.3 is 0 Å². The lowest BCUT2D eigenvalue weighted by Gasteiger charge is -2.33. The number of nitrogens with zero attached hydrogens (tertiary/aromatic N) is 4. The van der Waals surface area contributed by atoms with E-state index in [0.717, 1.165) is 6.07 Å². The number of halogens is 4. The van der Waals surface area contributed by atoms with Crippen LogP contribution in [-0.2, 0) is 0 Å². The first-order valence-corrected chi connectivity index (χ1v) is 9.11. The molecule has 9 heteroatoms. The van der Waals surface area contributed by atoms with Crippen molar-refractivity contribution in [1.82, 2.24) is 15.0 Å². The molecule has 0 saturated carbocycles. The van der Waals surface area contributed by atoms with Gasteiger partial charge in [0.05, 0.1) is 5.52 Å². The molecule has 1 aliphatic heterocycles. The smallest absolute Gasteiger partial charge is 0.172 e. The molecule has 0 amide bonds. The van der Waals surface area contributed by atoms with Gasteiger partial charge in [-0.25, -0.2) is 23.7 Å². The van der Waals surface area contributed by atoms with E-state index in [1.165, 1.54) is 12.1 Å². The molecule has 1 aliphatic rings. The van der Waals surface area contributed by atoms with E-state index in [2.05, 4.69) is 15.0 Å². The summed E-state index contributed by atoms with van der Waals surface area (Å²) in [7, 11) is 0. The van der Waals surface area contributed by atoms with Gasteiger partial charge in [0.25, 0.3) is 0 Å². The van der Waals surface area contributed by atoms with Crippen LogP contribution in [0.2, 0.25) is 10.3 Å². The maximum Gasteiger partial charge on any atom is 0.172 e. The van der Waals surface area contributed by atoms with Crippen molar-refractivity contribution < 1.29 is 13.5 Å². The van der Waals surface area contributed by atoms with Gasteiger partial charge in [-0.05, 0) is 18.2 Å². The Morgan fingerprint density at radius 2 is 1.81 bits per heavy atom. The average molecular weight is 411 g/mol. The van der Waals surface area contributed by atoms with E-state index in [4.69, 9.17) is 27.9 Å². The molecule has 1 fully saturated rings. The maximum absolute atomic E-state index is 13.8. The van der Waals surface area contributed by atoms with Gasteiger partial charge in [-0.3, -0.25) is 0 Å². The molecule has 0 bridgehead atoms. The third-order valence-electron chi connectivity index (χ3n) is 4.41. The molecule has 140 valence electrons. The van der Waals surface area contributed by atoms with Crippen LogP contribution in [0.25, 0.3) is 11.0 Å². The zero-order chi connectivity index (χ0) is 19.0. The Bertz CT molecular complexity index is 997. The Labute approximate surface area is 163 Å². The number of benzene rings is 1. The van der Waals surface area contributed by atoms with E-state index in [9.17, 15) is 8.78 Å². The molecule has 2 aromatic heterocycles. The number of ether oxygens (including phenoxy) is 1. The summed E-state index contributed by atoms with van der Waals surface area (Å²) in [5, 5.41) is 0.503. The second-order valence-electron chi connectivity index (χ2n) is 6.19. The summed E-state index contributed by atoms with van der Waals surface area (Å²) < 4.78 is 32.4. The molecular weight excluding hydrogens is 397 g/mol. The van der Waals surface area contributed by atoms with E-state index < -0.39 is 11.6 Å². The van der Waals surface area contributed by atoms with Gasteiger partial charge in [-0.1, -0.05) is 23.2 Å². The Hall–Kier alpha value is -2.25. The van der Waals surface area contributed by atoms with E-state index in [0.29, 0.717) is 42.8 Å². The van der Waals surface area contributed by atoms with Crippen LogP contribution in [-0.4, -0.2) is 34.1 Å². The molecular formula is C18H14Cl2F2N4O. The quantitative estimate of drug-likeness (QED) is 0.587. The molecule has 3 heterocycles. The van der Waals surface area contributed by atoms with Crippen LogP contribution in [0.3, 0.4) is 0 Å². The van der Waals surface area contributed by atoms with Gasteiger partial charge in [0.15, 0.2) is 27.7 Å². The largest absolute Gasteiger partial charge is 0.487 e. The number of anilines is 1. The van der Waals surface area contributed by atoms with Gasteiger partial charge in [0.1, 0.15) is 17.4 Å². The third-order valence-corrected chi connectivity index (χ3v) is 4.94. The first kappa shape index (κ1) is 18.1. The van der Waals surface area contributed by atoms with Crippen LogP contribution in [0.5, 0.6) is 5.75 Å². The molecule has 27 heavy (non-hydrogen) atoms. The zero-order valence-corrected chi connectivity index (χ0v) is 15.5. The highest BCUT2D eigenvalue weighted by atomic mass is 35.5. The highest BCUT2D eigenvalue weighted by Crippen LogP contribution is 2.30. The minimum absolute atomic E-state index is 0.0560.